The van der Waals surface area contributed by atoms with E-state index in [1.807, 2.05) is 30.3 Å². The van der Waals surface area contributed by atoms with Gasteiger partial charge in [-0.25, -0.2) is 4.39 Å². The quantitative estimate of drug-likeness (QED) is 0.689. The number of rotatable bonds is 2. The molecule has 0 aliphatic heterocycles. The molecule has 0 fully saturated rings. The number of fused-ring (bicyclic) bond motifs is 1. The van der Waals surface area contributed by atoms with Crippen LogP contribution >= 0.6 is 11.6 Å². The summed E-state index contributed by atoms with van der Waals surface area (Å²) in [5.41, 5.74) is 8.25. The van der Waals surface area contributed by atoms with Gasteiger partial charge in [0, 0.05) is 17.6 Å². The Bertz CT molecular complexity index is 784. The topological polar surface area (TPSA) is 50.9 Å². The van der Waals surface area contributed by atoms with Gasteiger partial charge in [0.05, 0.1) is 27.6 Å². The van der Waals surface area contributed by atoms with Gasteiger partial charge in [0.15, 0.2) is 0 Å². The SMILES string of the molecule is Nc1cc(Cl)c(F)cc1Nc1cccc2cccnc12. The van der Waals surface area contributed by atoms with E-state index in [-0.39, 0.29) is 5.02 Å². The number of hydrogen-bond acceptors (Lipinski definition) is 3. The van der Waals surface area contributed by atoms with Crippen LogP contribution < -0.4 is 11.1 Å². The van der Waals surface area contributed by atoms with Gasteiger partial charge in [0.2, 0.25) is 0 Å². The molecule has 0 saturated carbocycles. The average molecular weight is 288 g/mol. The molecule has 3 rings (SSSR count). The Labute approximate surface area is 120 Å². The van der Waals surface area contributed by atoms with Crippen LogP contribution in [0.1, 0.15) is 0 Å². The van der Waals surface area contributed by atoms with Crippen molar-refractivity contribution in [1.29, 1.82) is 0 Å². The number of anilines is 3. The van der Waals surface area contributed by atoms with Crippen LogP contribution in [0.25, 0.3) is 10.9 Å². The number of nitrogens with one attached hydrogen (secondary N) is 1. The minimum atomic E-state index is -0.517. The average Bonchev–Trinajstić information content (AvgIpc) is 2.45. The Kier molecular flexibility index (Phi) is 3.16. The smallest absolute Gasteiger partial charge is 0.144 e. The molecule has 2 aromatic carbocycles. The van der Waals surface area contributed by atoms with Crippen molar-refractivity contribution in [2.24, 2.45) is 0 Å². The summed E-state index contributed by atoms with van der Waals surface area (Å²) in [4.78, 5) is 4.32. The molecule has 0 aliphatic carbocycles. The van der Waals surface area contributed by atoms with Crippen LogP contribution in [0.2, 0.25) is 5.02 Å². The normalized spacial score (nSPS) is 10.7. The first-order chi connectivity index (χ1) is 9.65. The molecule has 0 aliphatic rings. The third kappa shape index (κ3) is 2.26. The van der Waals surface area contributed by atoms with E-state index < -0.39 is 5.82 Å². The van der Waals surface area contributed by atoms with E-state index in [0.717, 1.165) is 16.6 Å². The second kappa shape index (κ2) is 4.98. The van der Waals surface area contributed by atoms with Crippen molar-refractivity contribution in [3.63, 3.8) is 0 Å². The predicted octanol–water partition coefficient (Wildman–Crippen LogP) is 4.35. The summed E-state index contributed by atoms with van der Waals surface area (Å²) in [5, 5.41) is 4.09. The van der Waals surface area contributed by atoms with Crippen molar-refractivity contribution in [2.45, 2.75) is 0 Å². The standard InChI is InChI=1S/C15H11ClFN3/c16-10-7-12(18)14(8-11(10)17)20-13-5-1-3-9-4-2-6-19-15(9)13/h1-8,20H,18H2. The fourth-order valence-corrected chi connectivity index (χ4v) is 2.19. The molecule has 0 spiro atoms. The number of para-hydroxylation sites is 1. The molecule has 0 bridgehead atoms. The minimum absolute atomic E-state index is 0.00379. The number of halogens is 2. The molecule has 100 valence electrons. The van der Waals surface area contributed by atoms with Gasteiger partial charge in [-0.2, -0.15) is 0 Å². The molecule has 3 N–H and O–H groups in total. The number of nitrogen functional groups attached to an aromatic ring is 1. The number of hydrogen-bond donors (Lipinski definition) is 2. The Morgan fingerprint density at radius 2 is 1.90 bits per heavy atom. The first-order valence-electron chi connectivity index (χ1n) is 6.00. The first-order valence-corrected chi connectivity index (χ1v) is 6.38. The van der Waals surface area contributed by atoms with Crippen molar-refractivity contribution in [3.8, 4) is 0 Å². The van der Waals surface area contributed by atoms with Crippen molar-refractivity contribution in [3.05, 3.63) is 59.5 Å². The Morgan fingerprint density at radius 1 is 1.10 bits per heavy atom. The fraction of sp³-hybridized carbons (Fsp3) is 0. The van der Waals surface area contributed by atoms with Gasteiger partial charge in [0.1, 0.15) is 5.82 Å². The second-order valence-corrected chi connectivity index (χ2v) is 4.77. The molecular weight excluding hydrogens is 277 g/mol. The molecule has 3 nitrogen and oxygen atoms in total. The van der Waals surface area contributed by atoms with Crippen LogP contribution in [-0.2, 0) is 0 Å². The molecule has 0 radical (unpaired) electrons. The highest BCUT2D eigenvalue weighted by atomic mass is 35.5. The maximum absolute atomic E-state index is 13.5. The number of nitrogens with zero attached hydrogens (tertiary/aromatic N) is 1. The van der Waals surface area contributed by atoms with Crippen molar-refractivity contribution >= 4 is 39.6 Å². The summed E-state index contributed by atoms with van der Waals surface area (Å²) in [7, 11) is 0. The molecular formula is C15H11ClFN3. The van der Waals surface area contributed by atoms with Crippen LogP contribution in [0.15, 0.2) is 48.7 Å². The summed E-state index contributed by atoms with van der Waals surface area (Å²) in [6.07, 6.45) is 1.71. The molecule has 5 heteroatoms. The Balaban J connectivity index is 2.08. The highest BCUT2D eigenvalue weighted by molar-refractivity contribution is 6.31. The van der Waals surface area contributed by atoms with Gasteiger partial charge in [-0.1, -0.05) is 29.8 Å². The number of aromatic nitrogens is 1. The lowest BCUT2D eigenvalue weighted by atomic mass is 10.2. The maximum atomic E-state index is 13.5. The van der Waals surface area contributed by atoms with E-state index in [1.54, 1.807) is 6.20 Å². The van der Waals surface area contributed by atoms with E-state index >= 15 is 0 Å². The Morgan fingerprint density at radius 3 is 2.75 bits per heavy atom. The Hall–Kier alpha value is -2.33. The van der Waals surface area contributed by atoms with Gasteiger partial charge in [-0.15, -0.1) is 0 Å². The van der Waals surface area contributed by atoms with Crippen LogP contribution in [0.4, 0.5) is 21.5 Å². The van der Waals surface area contributed by atoms with E-state index in [9.17, 15) is 4.39 Å². The summed E-state index contributed by atoms with van der Waals surface area (Å²) < 4.78 is 13.5. The lowest BCUT2D eigenvalue weighted by Gasteiger charge is -2.12. The van der Waals surface area contributed by atoms with Crippen LogP contribution in [-0.4, -0.2) is 4.98 Å². The van der Waals surface area contributed by atoms with E-state index in [1.165, 1.54) is 12.1 Å². The fourth-order valence-electron chi connectivity index (χ4n) is 2.02. The summed E-state index contributed by atoms with van der Waals surface area (Å²) >= 11 is 5.69. The molecule has 0 atom stereocenters. The van der Waals surface area contributed by atoms with E-state index in [2.05, 4.69) is 10.3 Å². The van der Waals surface area contributed by atoms with Crippen molar-refractivity contribution in [2.75, 3.05) is 11.1 Å². The van der Waals surface area contributed by atoms with Crippen LogP contribution in [0, 0.1) is 5.82 Å². The second-order valence-electron chi connectivity index (χ2n) is 4.36. The molecule has 1 aromatic heterocycles. The molecule has 0 unspecified atom stereocenters. The predicted molar refractivity (Wildman–Crippen MR) is 80.8 cm³/mol. The molecule has 3 aromatic rings. The highest BCUT2D eigenvalue weighted by Crippen LogP contribution is 2.31. The zero-order valence-electron chi connectivity index (χ0n) is 10.4. The van der Waals surface area contributed by atoms with Gasteiger partial charge < -0.3 is 11.1 Å². The van der Waals surface area contributed by atoms with E-state index in [0.29, 0.717) is 11.4 Å². The molecule has 20 heavy (non-hydrogen) atoms. The van der Waals surface area contributed by atoms with Crippen molar-refractivity contribution < 1.29 is 4.39 Å². The van der Waals surface area contributed by atoms with Gasteiger partial charge >= 0.3 is 0 Å². The maximum Gasteiger partial charge on any atom is 0.144 e. The lowest BCUT2D eigenvalue weighted by molar-refractivity contribution is 0.629. The summed E-state index contributed by atoms with van der Waals surface area (Å²) in [6.45, 7) is 0. The molecule has 1 heterocycles. The molecule has 0 amide bonds. The van der Waals surface area contributed by atoms with Gasteiger partial charge in [-0.05, 0) is 18.2 Å². The number of pyridine rings is 1. The largest absolute Gasteiger partial charge is 0.397 e. The monoisotopic (exact) mass is 287 g/mol. The zero-order valence-corrected chi connectivity index (χ0v) is 11.2. The summed E-state index contributed by atoms with van der Waals surface area (Å²) in [6, 6.07) is 12.2. The van der Waals surface area contributed by atoms with Gasteiger partial charge in [0.25, 0.3) is 0 Å². The molecule has 0 saturated heterocycles. The third-order valence-electron chi connectivity index (χ3n) is 2.99. The number of nitrogens with two attached hydrogens (primary N) is 1. The van der Waals surface area contributed by atoms with Gasteiger partial charge in [-0.3, -0.25) is 4.98 Å². The lowest BCUT2D eigenvalue weighted by Crippen LogP contribution is -1.98. The van der Waals surface area contributed by atoms with Crippen LogP contribution in [0.5, 0.6) is 0 Å². The van der Waals surface area contributed by atoms with E-state index in [4.69, 9.17) is 17.3 Å². The zero-order chi connectivity index (χ0) is 14.1. The van der Waals surface area contributed by atoms with Crippen molar-refractivity contribution in [1.82, 2.24) is 4.98 Å². The minimum Gasteiger partial charge on any atom is -0.397 e. The number of benzene rings is 2. The first kappa shape index (κ1) is 12.7. The third-order valence-corrected chi connectivity index (χ3v) is 3.28. The van der Waals surface area contributed by atoms with Crippen LogP contribution in [0.3, 0.4) is 0 Å². The summed E-state index contributed by atoms with van der Waals surface area (Å²) in [5.74, 6) is -0.517. The highest BCUT2D eigenvalue weighted by Gasteiger charge is 2.08.